The molecule has 0 aliphatic carbocycles. The van der Waals surface area contributed by atoms with Crippen LogP contribution in [0.2, 0.25) is 10.0 Å². The molecule has 2 saturated heterocycles. The van der Waals surface area contributed by atoms with Crippen LogP contribution in [0.15, 0.2) is 36.4 Å². The molecule has 0 spiro atoms. The average molecular weight is 670 g/mol. The van der Waals surface area contributed by atoms with Gasteiger partial charge < -0.3 is 18.6 Å². The number of hydrogen-bond donors (Lipinski definition) is 0. The molecule has 2 heterocycles. The maximum absolute atomic E-state index is 12.4. The van der Waals surface area contributed by atoms with Crippen LogP contribution in [0, 0.1) is 0 Å². The average Bonchev–Trinajstić information content (AvgIpc) is 2.93. The van der Waals surface area contributed by atoms with Crippen LogP contribution in [0.1, 0.15) is 0 Å². The monoisotopic (exact) mass is 668 g/mol. The summed E-state index contributed by atoms with van der Waals surface area (Å²) in [6, 6.07) is 9.07. The van der Waals surface area contributed by atoms with E-state index in [0.717, 1.165) is 23.0 Å². The molecule has 0 aromatic heterocycles. The van der Waals surface area contributed by atoms with Gasteiger partial charge in [-0.1, -0.05) is 23.2 Å². The minimum atomic E-state index is -2.53. The van der Waals surface area contributed by atoms with Gasteiger partial charge in [-0.15, -0.1) is 0 Å². The molecule has 11 nitrogen and oxygen atoms in total. The standard InChI is InChI=1S/C23H28Cl2N4O7S4/c24-20-13-17(28(39(31)32)26-5-9-37-10-6-26)1-3-22(20)35-15-19(30)16-36-23-4-2-18(14-21(23)25)29(40(33)34)27-7-11-38-12-8-27/h1-4,13-14H,5-12,15-16H2,(H,31,32)(H,33,34)/p-2. The third kappa shape index (κ3) is 8.40. The van der Waals surface area contributed by atoms with Gasteiger partial charge in [-0.05, 0) is 36.4 Å². The van der Waals surface area contributed by atoms with E-state index in [0.29, 0.717) is 37.6 Å². The molecule has 0 radical (unpaired) electrons. The number of carbonyl (C=O) groups excluding carboxylic acids is 1. The molecule has 0 saturated carbocycles. The van der Waals surface area contributed by atoms with Crippen LogP contribution in [0.4, 0.5) is 11.4 Å². The van der Waals surface area contributed by atoms with E-state index in [4.69, 9.17) is 32.7 Å². The molecule has 0 bridgehead atoms. The van der Waals surface area contributed by atoms with Gasteiger partial charge in [0.2, 0.25) is 5.78 Å². The zero-order valence-corrected chi connectivity index (χ0v) is 25.8. The Morgan fingerprint density at radius 2 is 1.15 bits per heavy atom. The molecular weight excluding hydrogens is 643 g/mol. The zero-order valence-electron chi connectivity index (χ0n) is 21.1. The van der Waals surface area contributed by atoms with Crippen LogP contribution in [-0.2, 0) is 27.3 Å². The van der Waals surface area contributed by atoms with Crippen molar-refractivity contribution in [2.75, 3.05) is 71.2 Å². The summed E-state index contributed by atoms with van der Waals surface area (Å²) in [6.45, 7) is 1.66. The first kappa shape index (κ1) is 31.7. The fourth-order valence-electron chi connectivity index (χ4n) is 3.97. The molecular formula is C23H26Cl2N4O7S4-2. The smallest absolute Gasteiger partial charge is 0.207 e. The minimum absolute atomic E-state index is 0.152. The number of rotatable bonds is 12. The summed E-state index contributed by atoms with van der Waals surface area (Å²) < 4.78 is 60.9. The second-order valence-corrected chi connectivity index (χ2v) is 13.3. The first-order chi connectivity index (χ1) is 19.2. The van der Waals surface area contributed by atoms with Gasteiger partial charge in [-0.2, -0.15) is 23.5 Å². The zero-order chi connectivity index (χ0) is 28.6. The van der Waals surface area contributed by atoms with Crippen molar-refractivity contribution >= 4 is 86.4 Å². The van der Waals surface area contributed by atoms with Crippen molar-refractivity contribution in [3.63, 3.8) is 0 Å². The summed E-state index contributed by atoms with van der Waals surface area (Å²) in [5.41, 5.74) is 0.729. The number of ketones is 1. The predicted molar refractivity (Wildman–Crippen MR) is 159 cm³/mol. The van der Waals surface area contributed by atoms with Crippen LogP contribution in [0.5, 0.6) is 11.5 Å². The summed E-state index contributed by atoms with van der Waals surface area (Å²) in [5.74, 6) is 3.31. The van der Waals surface area contributed by atoms with Crippen LogP contribution in [0.25, 0.3) is 0 Å². The Morgan fingerprint density at radius 1 is 0.775 bits per heavy atom. The number of nitrogens with zero attached hydrogens (tertiary/aromatic N) is 4. The van der Waals surface area contributed by atoms with Crippen LogP contribution < -0.4 is 18.3 Å². The lowest BCUT2D eigenvalue weighted by molar-refractivity contribution is -0.123. The lowest BCUT2D eigenvalue weighted by atomic mass is 10.3. The quantitative estimate of drug-likeness (QED) is 0.309. The minimum Gasteiger partial charge on any atom is -0.754 e. The number of thioether (sulfide) groups is 2. The second kappa shape index (κ2) is 15.3. The lowest BCUT2D eigenvalue weighted by Gasteiger charge is -2.39. The Kier molecular flexibility index (Phi) is 12.1. The molecule has 17 heteroatoms. The molecule has 40 heavy (non-hydrogen) atoms. The highest BCUT2D eigenvalue weighted by atomic mass is 35.5. The summed E-state index contributed by atoms with van der Waals surface area (Å²) in [4.78, 5) is 12.4. The molecule has 2 unspecified atom stereocenters. The van der Waals surface area contributed by atoms with E-state index in [-0.39, 0.29) is 34.8 Å². The van der Waals surface area contributed by atoms with Gasteiger partial charge in [-0.25, -0.2) is 18.8 Å². The lowest BCUT2D eigenvalue weighted by Crippen LogP contribution is -2.48. The first-order valence-electron chi connectivity index (χ1n) is 12.0. The van der Waals surface area contributed by atoms with E-state index in [1.807, 2.05) is 0 Å². The second-order valence-electron chi connectivity index (χ2n) is 8.46. The summed E-state index contributed by atoms with van der Waals surface area (Å²) in [6.07, 6.45) is 0. The van der Waals surface area contributed by atoms with E-state index < -0.39 is 28.3 Å². The number of hydrogen-bond acceptors (Lipinski definition) is 11. The number of anilines is 2. The third-order valence-electron chi connectivity index (χ3n) is 5.82. The Hall–Kier alpha value is -1.27. The number of ether oxygens (including phenoxy) is 2. The maximum atomic E-state index is 12.4. The molecule has 0 amide bonds. The molecule has 2 aliphatic heterocycles. The van der Waals surface area contributed by atoms with Gasteiger partial charge in [0, 0.05) is 49.2 Å². The fraction of sp³-hybridized carbons (Fsp3) is 0.435. The van der Waals surface area contributed by atoms with Crippen molar-refractivity contribution in [3.8, 4) is 11.5 Å². The van der Waals surface area contributed by atoms with Crippen LogP contribution in [-0.4, -0.2) is 95.7 Å². The van der Waals surface area contributed by atoms with Gasteiger partial charge in [0.05, 0.1) is 44.0 Å². The number of Topliss-reactive ketones (excluding diaryl/α,β-unsaturated/α-hetero) is 1. The molecule has 0 N–H and O–H groups in total. The highest BCUT2D eigenvalue weighted by molar-refractivity contribution is 7.99. The molecule has 2 atom stereocenters. The van der Waals surface area contributed by atoms with Crippen molar-refractivity contribution in [2.45, 2.75) is 0 Å². The SMILES string of the molecule is O=C(COc1ccc(N(N2CCSCC2)S(=O)[O-])cc1Cl)COc1ccc(N(N2CCSCC2)S(=O)[O-])cc1Cl. The largest absolute Gasteiger partial charge is 0.754 e. The van der Waals surface area contributed by atoms with E-state index in [1.165, 1.54) is 33.1 Å². The molecule has 220 valence electrons. The van der Waals surface area contributed by atoms with Crippen molar-refractivity contribution in [1.29, 1.82) is 0 Å². The van der Waals surface area contributed by atoms with Crippen molar-refractivity contribution < 1.29 is 31.8 Å². The van der Waals surface area contributed by atoms with Gasteiger partial charge in [0.1, 0.15) is 11.5 Å². The Labute approximate surface area is 256 Å². The predicted octanol–water partition coefficient (Wildman–Crippen LogP) is 3.15. The number of hydrazine groups is 2. The molecule has 2 aromatic carbocycles. The molecule has 2 aromatic rings. The summed E-state index contributed by atoms with van der Waals surface area (Å²) in [5, 5.41) is 3.77. The normalized spacial score (nSPS) is 18.1. The van der Waals surface area contributed by atoms with Crippen LogP contribution >= 0.6 is 46.7 Å². The van der Waals surface area contributed by atoms with Gasteiger partial charge in [0.15, 0.2) is 13.2 Å². The van der Waals surface area contributed by atoms with Crippen molar-refractivity contribution in [2.24, 2.45) is 0 Å². The van der Waals surface area contributed by atoms with Gasteiger partial charge in [0.25, 0.3) is 0 Å². The Bertz CT molecular complexity index is 1140. The number of carbonyl (C=O) groups is 1. The highest BCUT2D eigenvalue weighted by Crippen LogP contribution is 2.33. The fourth-order valence-corrected chi connectivity index (χ4v) is 7.47. The van der Waals surface area contributed by atoms with Crippen LogP contribution in [0.3, 0.4) is 0 Å². The molecule has 2 aliphatic rings. The summed E-state index contributed by atoms with van der Waals surface area (Å²) in [7, 11) is 0. The molecule has 4 rings (SSSR count). The summed E-state index contributed by atoms with van der Waals surface area (Å²) >= 11 is 11.1. The Morgan fingerprint density at radius 3 is 1.48 bits per heavy atom. The highest BCUT2D eigenvalue weighted by Gasteiger charge is 2.22. The molecule has 2 fully saturated rings. The van der Waals surface area contributed by atoms with E-state index in [2.05, 4.69) is 0 Å². The third-order valence-corrected chi connectivity index (χ3v) is 9.75. The van der Waals surface area contributed by atoms with E-state index in [9.17, 15) is 22.3 Å². The van der Waals surface area contributed by atoms with Crippen molar-refractivity contribution in [1.82, 2.24) is 10.0 Å². The first-order valence-corrected chi connectivity index (χ1v) is 17.2. The number of halogens is 2. The van der Waals surface area contributed by atoms with Crippen molar-refractivity contribution in [3.05, 3.63) is 46.4 Å². The Balaban J connectivity index is 1.32. The van der Waals surface area contributed by atoms with E-state index >= 15 is 0 Å². The topological polar surface area (TPSA) is 129 Å². The van der Waals surface area contributed by atoms with E-state index in [1.54, 1.807) is 45.7 Å². The van der Waals surface area contributed by atoms with Gasteiger partial charge in [-0.3, -0.25) is 13.2 Å². The van der Waals surface area contributed by atoms with Gasteiger partial charge >= 0.3 is 0 Å². The maximum Gasteiger partial charge on any atom is 0.207 e. The number of benzene rings is 2.